The number of hydrogen-bond donors (Lipinski definition) is 2. The van der Waals surface area contributed by atoms with Crippen LogP contribution in [0.5, 0.6) is 0 Å². The van der Waals surface area contributed by atoms with Gasteiger partial charge in [-0.1, -0.05) is 29.8 Å². The quantitative estimate of drug-likeness (QED) is 0.764. The molecule has 16 heavy (non-hydrogen) atoms. The van der Waals surface area contributed by atoms with Crippen molar-refractivity contribution >= 4 is 29.3 Å². The number of primary amides is 1. The maximum Gasteiger partial charge on any atom is 0.234 e. The Labute approximate surface area is 105 Å². The van der Waals surface area contributed by atoms with Gasteiger partial charge >= 0.3 is 0 Å². The molecule has 5 heteroatoms. The van der Waals surface area contributed by atoms with Gasteiger partial charge in [-0.05, 0) is 23.8 Å². The molecule has 88 valence electrons. The monoisotopic (exact) mass is 258 g/mol. The summed E-state index contributed by atoms with van der Waals surface area (Å²) in [4.78, 5) is 10.7. The van der Waals surface area contributed by atoms with Gasteiger partial charge in [0.05, 0.1) is 6.04 Å². The van der Waals surface area contributed by atoms with Crippen molar-refractivity contribution < 1.29 is 4.79 Å². The molecule has 1 aromatic rings. The molecule has 1 amide bonds. The first-order valence-corrected chi connectivity index (χ1v) is 6.50. The fourth-order valence-corrected chi connectivity index (χ4v) is 2.47. The zero-order chi connectivity index (χ0) is 12.0. The number of hydrogen-bond acceptors (Lipinski definition) is 3. The van der Waals surface area contributed by atoms with Crippen molar-refractivity contribution in [2.45, 2.75) is 18.2 Å². The highest BCUT2D eigenvalue weighted by molar-refractivity contribution is 7.98. The van der Waals surface area contributed by atoms with Crippen LogP contribution in [0.3, 0.4) is 0 Å². The smallest absolute Gasteiger partial charge is 0.234 e. The Balaban J connectivity index is 2.26. The average molecular weight is 259 g/mol. The maximum atomic E-state index is 10.7. The summed E-state index contributed by atoms with van der Waals surface area (Å²) in [5.41, 5.74) is 11.7. The minimum absolute atomic E-state index is 0.446. The molecular formula is C11H15ClN2OS. The summed E-state index contributed by atoms with van der Waals surface area (Å²) in [6.07, 6.45) is 0.602. The van der Waals surface area contributed by atoms with Crippen molar-refractivity contribution in [3.8, 4) is 0 Å². The van der Waals surface area contributed by atoms with E-state index in [1.54, 1.807) is 11.8 Å². The van der Waals surface area contributed by atoms with Crippen LogP contribution < -0.4 is 11.5 Å². The van der Waals surface area contributed by atoms with Crippen molar-refractivity contribution in [1.82, 2.24) is 0 Å². The van der Waals surface area contributed by atoms with E-state index in [1.165, 1.54) is 0 Å². The first-order valence-electron chi connectivity index (χ1n) is 4.97. The van der Waals surface area contributed by atoms with Crippen LogP contribution in [-0.4, -0.2) is 17.7 Å². The van der Waals surface area contributed by atoms with Crippen LogP contribution in [0.4, 0.5) is 0 Å². The number of rotatable bonds is 6. The Kier molecular flexibility index (Phi) is 5.66. The summed E-state index contributed by atoms with van der Waals surface area (Å²) >= 11 is 7.70. The van der Waals surface area contributed by atoms with Crippen LogP contribution in [0.1, 0.15) is 12.0 Å². The summed E-state index contributed by atoms with van der Waals surface area (Å²) in [5, 5.41) is 0.772. The summed E-state index contributed by atoms with van der Waals surface area (Å²) in [7, 11) is 0. The first kappa shape index (κ1) is 13.4. The molecular weight excluding hydrogens is 244 g/mol. The Morgan fingerprint density at radius 1 is 1.44 bits per heavy atom. The molecule has 1 unspecified atom stereocenters. The molecule has 4 N–H and O–H groups in total. The number of benzene rings is 1. The van der Waals surface area contributed by atoms with Gasteiger partial charge in [0.15, 0.2) is 0 Å². The highest BCUT2D eigenvalue weighted by Gasteiger charge is 2.08. The summed E-state index contributed by atoms with van der Waals surface area (Å²) < 4.78 is 0. The van der Waals surface area contributed by atoms with Crippen molar-refractivity contribution in [1.29, 1.82) is 0 Å². The molecule has 0 spiro atoms. The number of carbonyl (C=O) groups is 1. The highest BCUT2D eigenvalue weighted by Crippen LogP contribution is 2.21. The first-order chi connectivity index (χ1) is 7.61. The molecule has 0 aromatic heterocycles. The van der Waals surface area contributed by atoms with Gasteiger partial charge in [-0.25, -0.2) is 0 Å². The van der Waals surface area contributed by atoms with E-state index < -0.39 is 11.9 Å². The fourth-order valence-electron chi connectivity index (χ4n) is 1.15. The van der Waals surface area contributed by atoms with Crippen LogP contribution in [0.25, 0.3) is 0 Å². The second-order valence-electron chi connectivity index (χ2n) is 3.44. The molecule has 0 saturated carbocycles. The van der Waals surface area contributed by atoms with Gasteiger partial charge in [-0.2, -0.15) is 11.8 Å². The van der Waals surface area contributed by atoms with Crippen molar-refractivity contribution in [2.75, 3.05) is 5.75 Å². The number of nitrogens with two attached hydrogens (primary N) is 2. The predicted octanol–water partition coefficient (Wildman–Crippen LogP) is 1.78. The van der Waals surface area contributed by atoms with Gasteiger partial charge in [0.1, 0.15) is 0 Å². The van der Waals surface area contributed by atoms with Crippen molar-refractivity contribution in [3.05, 3.63) is 34.9 Å². The van der Waals surface area contributed by atoms with E-state index in [1.807, 2.05) is 24.3 Å². The van der Waals surface area contributed by atoms with Gasteiger partial charge in [-0.3, -0.25) is 4.79 Å². The third-order valence-corrected chi connectivity index (χ3v) is 3.56. The summed E-state index contributed by atoms with van der Waals surface area (Å²) in [6, 6.07) is 7.17. The lowest BCUT2D eigenvalue weighted by Crippen LogP contribution is -2.36. The largest absolute Gasteiger partial charge is 0.368 e. The lowest BCUT2D eigenvalue weighted by Gasteiger charge is -2.07. The summed E-state index contributed by atoms with van der Waals surface area (Å²) in [6.45, 7) is 0. The Bertz CT molecular complexity index is 360. The van der Waals surface area contributed by atoms with Gasteiger partial charge in [0.25, 0.3) is 0 Å². The van der Waals surface area contributed by atoms with Crippen LogP contribution in [0.2, 0.25) is 5.02 Å². The number of carbonyl (C=O) groups excluding carboxylic acids is 1. The van der Waals surface area contributed by atoms with Crippen LogP contribution in [0.15, 0.2) is 24.3 Å². The lowest BCUT2D eigenvalue weighted by molar-refractivity contribution is -0.119. The van der Waals surface area contributed by atoms with Gasteiger partial charge in [0.2, 0.25) is 5.91 Å². The van der Waals surface area contributed by atoms with Crippen LogP contribution in [0, 0.1) is 0 Å². The standard InChI is InChI=1S/C11H15ClN2OS/c12-9-4-2-1-3-8(9)7-16-6-5-10(13)11(14)15/h1-4,10H,5-7,13H2,(H2,14,15). The Morgan fingerprint density at radius 3 is 2.75 bits per heavy atom. The molecule has 3 nitrogen and oxygen atoms in total. The maximum absolute atomic E-state index is 10.7. The highest BCUT2D eigenvalue weighted by atomic mass is 35.5. The lowest BCUT2D eigenvalue weighted by atomic mass is 10.2. The minimum atomic E-state index is -0.543. The van der Waals surface area contributed by atoms with Crippen molar-refractivity contribution in [3.63, 3.8) is 0 Å². The number of amides is 1. The van der Waals surface area contributed by atoms with Gasteiger partial charge in [-0.15, -0.1) is 0 Å². The predicted molar refractivity (Wildman–Crippen MR) is 69.4 cm³/mol. The third kappa shape index (κ3) is 4.43. The minimum Gasteiger partial charge on any atom is -0.368 e. The van der Waals surface area contributed by atoms with E-state index in [2.05, 4.69) is 0 Å². The van der Waals surface area contributed by atoms with E-state index in [0.29, 0.717) is 6.42 Å². The molecule has 0 heterocycles. The second kappa shape index (κ2) is 6.78. The topological polar surface area (TPSA) is 69.1 Å². The molecule has 0 aliphatic rings. The molecule has 1 aromatic carbocycles. The summed E-state index contributed by atoms with van der Waals surface area (Å²) in [5.74, 6) is 1.18. The van der Waals surface area contributed by atoms with E-state index in [9.17, 15) is 4.79 Å². The molecule has 1 atom stereocenters. The van der Waals surface area contributed by atoms with Gasteiger partial charge < -0.3 is 11.5 Å². The van der Waals surface area contributed by atoms with Gasteiger partial charge in [0, 0.05) is 10.8 Å². The average Bonchev–Trinajstić information content (AvgIpc) is 2.26. The second-order valence-corrected chi connectivity index (χ2v) is 4.95. The Hall–Kier alpha value is -0.710. The molecule has 1 rings (SSSR count). The fraction of sp³-hybridized carbons (Fsp3) is 0.364. The van der Waals surface area contributed by atoms with Crippen molar-refractivity contribution in [2.24, 2.45) is 11.5 Å². The molecule has 0 fully saturated rings. The van der Waals surface area contributed by atoms with E-state index in [-0.39, 0.29) is 0 Å². The third-order valence-electron chi connectivity index (χ3n) is 2.15. The van der Waals surface area contributed by atoms with Crippen LogP contribution in [-0.2, 0) is 10.5 Å². The molecule has 0 bridgehead atoms. The van der Waals surface area contributed by atoms with E-state index in [0.717, 1.165) is 22.1 Å². The molecule has 0 aliphatic heterocycles. The number of halogens is 1. The number of thioether (sulfide) groups is 1. The van der Waals surface area contributed by atoms with Crippen LogP contribution >= 0.6 is 23.4 Å². The molecule has 0 aliphatic carbocycles. The Morgan fingerprint density at radius 2 is 2.12 bits per heavy atom. The molecule has 0 saturated heterocycles. The van der Waals surface area contributed by atoms with E-state index >= 15 is 0 Å². The SMILES string of the molecule is NC(=O)C(N)CCSCc1ccccc1Cl. The zero-order valence-corrected chi connectivity index (χ0v) is 10.4. The molecule has 0 radical (unpaired) electrons. The zero-order valence-electron chi connectivity index (χ0n) is 8.86. The van der Waals surface area contributed by atoms with E-state index in [4.69, 9.17) is 23.1 Å². The normalized spacial score (nSPS) is 12.4.